The molecule has 0 aliphatic rings. The predicted octanol–water partition coefficient (Wildman–Crippen LogP) is 4.34. The summed E-state index contributed by atoms with van der Waals surface area (Å²) in [6.07, 6.45) is -12.0. The minimum atomic E-state index is -5.99. The Labute approximate surface area is 121 Å². The van der Waals surface area contributed by atoms with Crippen LogP contribution < -0.4 is 5.32 Å². The molecule has 1 aromatic rings. The number of halogens is 7. The zero-order valence-electron chi connectivity index (χ0n) is 10.8. The van der Waals surface area contributed by atoms with Crippen LogP contribution in [0.4, 0.5) is 32.0 Å². The monoisotopic (exact) mass is 333 g/mol. The Hall–Kier alpha value is -1.44. The molecule has 9 heteroatoms. The Kier molecular flexibility index (Phi) is 4.53. The lowest BCUT2D eigenvalue weighted by Crippen LogP contribution is -2.60. The van der Waals surface area contributed by atoms with Crippen LogP contribution in [0.3, 0.4) is 0 Å². The van der Waals surface area contributed by atoms with Gasteiger partial charge in [0.1, 0.15) is 0 Å². The Bertz CT molecular complexity index is 538. The Balaban J connectivity index is 3.20. The van der Waals surface area contributed by atoms with Gasteiger partial charge in [0.25, 0.3) is 5.91 Å². The van der Waals surface area contributed by atoms with E-state index >= 15 is 0 Å². The number of benzene rings is 1. The Morgan fingerprint density at radius 2 is 1.52 bits per heavy atom. The van der Waals surface area contributed by atoms with Gasteiger partial charge >= 0.3 is 17.2 Å². The third-order valence-corrected chi connectivity index (χ3v) is 3.32. The van der Waals surface area contributed by atoms with Crippen LogP contribution in [-0.4, -0.2) is 23.1 Å². The molecule has 2 nitrogen and oxygen atoms in total. The van der Waals surface area contributed by atoms with E-state index < -0.39 is 23.1 Å². The van der Waals surface area contributed by atoms with E-state index in [9.17, 15) is 31.1 Å². The quantitative estimate of drug-likeness (QED) is 0.633. The van der Waals surface area contributed by atoms with Gasteiger partial charge in [-0.15, -0.1) is 0 Å². The lowest BCUT2D eigenvalue weighted by atomic mass is 10.1. The summed E-state index contributed by atoms with van der Waals surface area (Å²) in [4.78, 5) is 6.48. The molecule has 0 fully saturated rings. The number of hydrogen-bond donors (Lipinski definition) is 1. The minimum Gasteiger partial charge on any atom is -0.324 e. The van der Waals surface area contributed by atoms with Crippen LogP contribution in [0.15, 0.2) is 18.2 Å². The van der Waals surface area contributed by atoms with Gasteiger partial charge in [0.05, 0.1) is 0 Å². The molecule has 0 bridgehead atoms. The zero-order chi connectivity index (χ0) is 16.6. The van der Waals surface area contributed by atoms with E-state index in [0.29, 0.717) is 5.56 Å². The van der Waals surface area contributed by atoms with E-state index in [2.05, 4.69) is 11.6 Å². The maximum absolute atomic E-state index is 12.6. The van der Waals surface area contributed by atoms with Crippen LogP contribution >= 0.6 is 11.6 Å². The third kappa shape index (κ3) is 3.25. The molecule has 1 rings (SSSR count). The second kappa shape index (κ2) is 5.40. The number of amides is 1. The van der Waals surface area contributed by atoms with Gasteiger partial charge in [-0.3, -0.25) is 4.79 Å². The number of anilines is 1. The van der Waals surface area contributed by atoms with Gasteiger partial charge in [0.2, 0.25) is 0 Å². The maximum atomic E-state index is 12.6. The average molecular weight is 334 g/mol. The molecule has 0 aromatic heterocycles. The maximum Gasteiger partial charge on any atom is 0.425 e. The highest BCUT2D eigenvalue weighted by Gasteiger charge is 2.75. The molecule has 1 N–H and O–H groups in total. The summed E-state index contributed by atoms with van der Waals surface area (Å²) in [6.45, 7) is 3.11. The zero-order valence-corrected chi connectivity index (χ0v) is 11.5. The minimum absolute atomic E-state index is 0.177. The second-order valence-corrected chi connectivity index (χ2v) is 4.99. The Morgan fingerprint density at radius 3 is 1.90 bits per heavy atom. The first-order chi connectivity index (χ1) is 9.30. The van der Waals surface area contributed by atoms with Crippen LogP contribution in [-0.2, 0) is 4.79 Å². The van der Waals surface area contributed by atoms with E-state index in [-0.39, 0.29) is 5.69 Å². The van der Waals surface area contributed by atoms with Crippen LogP contribution in [0.25, 0.3) is 0 Å². The van der Waals surface area contributed by atoms with E-state index in [0.717, 1.165) is 5.56 Å². The van der Waals surface area contributed by atoms with Crippen molar-refractivity contribution in [1.82, 2.24) is 0 Å². The molecule has 1 amide bonds. The van der Waals surface area contributed by atoms with E-state index in [1.54, 1.807) is 12.2 Å². The first-order valence-electron chi connectivity index (χ1n) is 5.52. The normalized spacial score (nSPS) is 13.2. The van der Waals surface area contributed by atoms with E-state index in [4.69, 9.17) is 0 Å². The van der Waals surface area contributed by atoms with Crippen molar-refractivity contribution >= 4 is 23.2 Å². The summed E-state index contributed by atoms with van der Waals surface area (Å²) in [5, 5.41) is 1.58. The van der Waals surface area contributed by atoms with Gasteiger partial charge in [0.15, 0.2) is 0 Å². The largest absolute Gasteiger partial charge is 0.425 e. The standard InChI is InChI=1S/C12H10ClF6NO/c1-6-3-4-8(7(2)5-6)20-9(21)10(13,11(14,15)16)12(17,18)19/h3-5H,1-2H3,(H,20,21). The molecule has 0 saturated heterocycles. The summed E-state index contributed by atoms with van der Waals surface area (Å²) in [7, 11) is 0. The van der Waals surface area contributed by atoms with E-state index in [1.807, 2.05) is 0 Å². The van der Waals surface area contributed by atoms with Crippen molar-refractivity contribution in [3.63, 3.8) is 0 Å². The van der Waals surface area contributed by atoms with Gasteiger partial charge < -0.3 is 5.32 Å². The summed E-state index contributed by atoms with van der Waals surface area (Å²) in [5.41, 5.74) is 0.866. The molecule has 1 aromatic carbocycles. The van der Waals surface area contributed by atoms with Gasteiger partial charge in [-0.1, -0.05) is 29.3 Å². The fraction of sp³-hybridized carbons (Fsp3) is 0.417. The van der Waals surface area contributed by atoms with Crippen molar-refractivity contribution < 1.29 is 31.1 Å². The molecular formula is C12H10ClF6NO. The van der Waals surface area contributed by atoms with Crippen LogP contribution in [0, 0.1) is 13.8 Å². The molecule has 0 unspecified atom stereocenters. The molecule has 21 heavy (non-hydrogen) atoms. The first kappa shape index (κ1) is 17.6. The summed E-state index contributed by atoms with van der Waals surface area (Å²) < 4.78 is 75.6. The fourth-order valence-electron chi connectivity index (χ4n) is 1.58. The molecule has 0 radical (unpaired) electrons. The molecular weight excluding hydrogens is 324 g/mol. The number of carbonyl (C=O) groups excluding carboxylic acids is 1. The van der Waals surface area contributed by atoms with Crippen LogP contribution in [0.5, 0.6) is 0 Å². The molecule has 118 valence electrons. The average Bonchev–Trinajstić information content (AvgIpc) is 2.28. The number of nitrogens with one attached hydrogen (secondary N) is 1. The summed E-state index contributed by atoms with van der Waals surface area (Å²) in [5.74, 6) is -2.39. The van der Waals surface area contributed by atoms with Crippen molar-refractivity contribution in [2.75, 3.05) is 5.32 Å². The second-order valence-electron chi connectivity index (χ2n) is 4.43. The molecule has 0 heterocycles. The van der Waals surface area contributed by atoms with Crippen molar-refractivity contribution in [3.05, 3.63) is 29.3 Å². The van der Waals surface area contributed by atoms with Crippen molar-refractivity contribution in [1.29, 1.82) is 0 Å². The van der Waals surface area contributed by atoms with Crippen molar-refractivity contribution in [2.24, 2.45) is 0 Å². The van der Waals surface area contributed by atoms with Crippen molar-refractivity contribution in [3.8, 4) is 0 Å². The lowest BCUT2D eigenvalue weighted by molar-refractivity contribution is -0.258. The predicted molar refractivity (Wildman–Crippen MR) is 65.2 cm³/mol. The van der Waals surface area contributed by atoms with Gasteiger partial charge in [-0.25, -0.2) is 0 Å². The number of aryl methyl sites for hydroxylation is 2. The lowest BCUT2D eigenvalue weighted by Gasteiger charge is -2.30. The molecule has 0 atom stereocenters. The van der Waals surface area contributed by atoms with Crippen LogP contribution in [0.2, 0.25) is 0 Å². The number of hydrogen-bond acceptors (Lipinski definition) is 1. The highest BCUT2D eigenvalue weighted by Crippen LogP contribution is 2.48. The molecule has 0 saturated carbocycles. The third-order valence-electron chi connectivity index (χ3n) is 2.72. The number of rotatable bonds is 2. The molecule has 0 aliphatic carbocycles. The summed E-state index contributed by atoms with van der Waals surface area (Å²) in [6, 6.07) is 4.12. The first-order valence-corrected chi connectivity index (χ1v) is 5.89. The van der Waals surface area contributed by atoms with Gasteiger partial charge in [-0.05, 0) is 25.5 Å². The molecule has 0 spiro atoms. The van der Waals surface area contributed by atoms with Gasteiger partial charge in [0, 0.05) is 5.69 Å². The van der Waals surface area contributed by atoms with Crippen LogP contribution in [0.1, 0.15) is 11.1 Å². The van der Waals surface area contributed by atoms with Gasteiger partial charge in [-0.2, -0.15) is 26.3 Å². The van der Waals surface area contributed by atoms with Crippen molar-refractivity contribution in [2.45, 2.75) is 31.1 Å². The number of carbonyl (C=O) groups is 1. The smallest absolute Gasteiger partial charge is 0.324 e. The topological polar surface area (TPSA) is 29.1 Å². The highest BCUT2D eigenvalue weighted by molar-refractivity contribution is 6.38. The Morgan fingerprint density at radius 1 is 1.05 bits per heavy atom. The molecule has 0 aliphatic heterocycles. The number of alkyl halides is 7. The fourth-order valence-corrected chi connectivity index (χ4v) is 1.63. The van der Waals surface area contributed by atoms with E-state index in [1.165, 1.54) is 25.1 Å². The highest BCUT2D eigenvalue weighted by atomic mass is 35.5. The SMILES string of the molecule is Cc1ccc(NC(=O)C(Cl)(C(F)(F)F)C(F)(F)F)c(C)c1. The summed E-state index contributed by atoms with van der Waals surface area (Å²) >= 11 is 4.61.